The minimum absolute atomic E-state index is 0.240. The van der Waals surface area contributed by atoms with Crippen molar-refractivity contribution in [3.05, 3.63) is 52.5 Å². The Hall–Kier alpha value is -2.41. The number of amides is 2. The molecular formula is C14H15N3O3S. The molecule has 2 aromatic rings. The van der Waals surface area contributed by atoms with Crippen LogP contribution in [0.15, 0.2) is 42.0 Å². The van der Waals surface area contributed by atoms with Crippen LogP contribution in [-0.2, 0) is 17.8 Å². The average molecular weight is 305 g/mol. The number of benzene rings is 1. The van der Waals surface area contributed by atoms with E-state index in [4.69, 9.17) is 0 Å². The normalized spacial score (nSPS) is 11.6. The summed E-state index contributed by atoms with van der Waals surface area (Å²) in [5, 5.41) is 14.3. The number of carbonyl (C=O) groups is 2. The van der Waals surface area contributed by atoms with Crippen LogP contribution >= 0.6 is 11.3 Å². The highest BCUT2D eigenvalue weighted by Gasteiger charge is 2.20. The van der Waals surface area contributed by atoms with E-state index >= 15 is 0 Å². The number of rotatable bonds is 6. The molecule has 21 heavy (non-hydrogen) atoms. The molecular weight excluding hydrogens is 290 g/mol. The first-order chi connectivity index (χ1) is 10.1. The van der Waals surface area contributed by atoms with Gasteiger partial charge in [0.2, 0.25) is 0 Å². The van der Waals surface area contributed by atoms with Gasteiger partial charge in [-0.3, -0.25) is 4.98 Å². The van der Waals surface area contributed by atoms with Crippen LogP contribution in [0.5, 0.6) is 0 Å². The van der Waals surface area contributed by atoms with Crippen LogP contribution in [-0.4, -0.2) is 28.1 Å². The SMILES string of the molecule is O=C(NCc1cncs1)NC(Cc1ccccc1)C(=O)O. The van der Waals surface area contributed by atoms with Gasteiger partial charge in [0.1, 0.15) is 6.04 Å². The lowest BCUT2D eigenvalue weighted by atomic mass is 10.1. The van der Waals surface area contributed by atoms with Gasteiger partial charge in [-0.15, -0.1) is 11.3 Å². The largest absolute Gasteiger partial charge is 0.480 e. The molecule has 0 aliphatic heterocycles. The summed E-state index contributed by atoms with van der Waals surface area (Å²) in [5.74, 6) is -1.06. The maximum atomic E-state index is 11.7. The average Bonchev–Trinajstić information content (AvgIpc) is 2.99. The highest BCUT2D eigenvalue weighted by atomic mass is 32.1. The van der Waals surface area contributed by atoms with Crippen molar-refractivity contribution in [2.75, 3.05) is 0 Å². The Morgan fingerprint density at radius 3 is 2.67 bits per heavy atom. The highest BCUT2D eigenvalue weighted by molar-refractivity contribution is 7.09. The van der Waals surface area contributed by atoms with E-state index in [9.17, 15) is 14.7 Å². The van der Waals surface area contributed by atoms with Gasteiger partial charge in [0.05, 0.1) is 12.1 Å². The molecule has 1 heterocycles. The predicted molar refractivity (Wildman–Crippen MR) is 79.1 cm³/mol. The topological polar surface area (TPSA) is 91.3 Å². The lowest BCUT2D eigenvalue weighted by molar-refractivity contribution is -0.139. The molecule has 0 spiro atoms. The van der Waals surface area contributed by atoms with Crippen molar-refractivity contribution in [3.63, 3.8) is 0 Å². The van der Waals surface area contributed by atoms with Gasteiger partial charge in [-0.2, -0.15) is 0 Å². The molecule has 3 N–H and O–H groups in total. The van der Waals surface area contributed by atoms with Crippen LogP contribution in [0.1, 0.15) is 10.4 Å². The van der Waals surface area contributed by atoms with E-state index in [2.05, 4.69) is 15.6 Å². The fraction of sp³-hybridized carbons (Fsp3) is 0.214. The van der Waals surface area contributed by atoms with E-state index in [1.807, 2.05) is 30.3 Å². The van der Waals surface area contributed by atoms with Crippen molar-refractivity contribution in [1.82, 2.24) is 15.6 Å². The molecule has 0 radical (unpaired) electrons. The highest BCUT2D eigenvalue weighted by Crippen LogP contribution is 2.05. The maximum absolute atomic E-state index is 11.7. The van der Waals surface area contributed by atoms with Crippen molar-refractivity contribution in [1.29, 1.82) is 0 Å². The second-order valence-electron chi connectivity index (χ2n) is 4.38. The first-order valence-corrected chi connectivity index (χ1v) is 7.21. The zero-order valence-corrected chi connectivity index (χ0v) is 12.0. The Morgan fingerprint density at radius 2 is 2.05 bits per heavy atom. The molecule has 1 aromatic carbocycles. The van der Waals surface area contributed by atoms with E-state index in [0.717, 1.165) is 10.4 Å². The van der Waals surface area contributed by atoms with Gasteiger partial charge in [0, 0.05) is 17.5 Å². The van der Waals surface area contributed by atoms with Crippen molar-refractivity contribution in [2.24, 2.45) is 0 Å². The lowest BCUT2D eigenvalue weighted by Crippen LogP contribution is -2.46. The van der Waals surface area contributed by atoms with Crippen LogP contribution in [0.3, 0.4) is 0 Å². The number of aliphatic carboxylic acids is 1. The molecule has 0 bridgehead atoms. The summed E-state index contributed by atoms with van der Waals surface area (Å²) < 4.78 is 0. The summed E-state index contributed by atoms with van der Waals surface area (Å²) >= 11 is 1.42. The minimum Gasteiger partial charge on any atom is -0.480 e. The van der Waals surface area contributed by atoms with Crippen LogP contribution in [0.4, 0.5) is 4.79 Å². The fourth-order valence-corrected chi connectivity index (χ4v) is 2.29. The third-order valence-corrected chi connectivity index (χ3v) is 3.57. The van der Waals surface area contributed by atoms with E-state index in [-0.39, 0.29) is 6.42 Å². The van der Waals surface area contributed by atoms with Crippen LogP contribution in [0, 0.1) is 0 Å². The number of hydrogen-bond acceptors (Lipinski definition) is 4. The number of carboxylic acids is 1. The molecule has 0 aliphatic rings. The molecule has 2 rings (SSSR count). The number of nitrogens with zero attached hydrogens (tertiary/aromatic N) is 1. The van der Waals surface area contributed by atoms with Gasteiger partial charge in [-0.25, -0.2) is 9.59 Å². The van der Waals surface area contributed by atoms with Gasteiger partial charge < -0.3 is 15.7 Å². The molecule has 7 heteroatoms. The molecule has 1 aromatic heterocycles. The molecule has 1 atom stereocenters. The molecule has 0 saturated heterocycles. The molecule has 0 fully saturated rings. The summed E-state index contributed by atoms with van der Waals surface area (Å²) in [4.78, 5) is 27.8. The number of urea groups is 1. The van der Waals surface area contributed by atoms with E-state index in [0.29, 0.717) is 6.54 Å². The second-order valence-corrected chi connectivity index (χ2v) is 5.35. The molecule has 1 unspecified atom stereocenters. The lowest BCUT2D eigenvalue weighted by Gasteiger charge is -2.15. The number of thiazole rings is 1. The third-order valence-electron chi connectivity index (χ3n) is 2.79. The number of hydrogen-bond donors (Lipinski definition) is 3. The smallest absolute Gasteiger partial charge is 0.326 e. The van der Waals surface area contributed by atoms with Gasteiger partial charge in [0.25, 0.3) is 0 Å². The molecule has 2 amide bonds. The molecule has 0 saturated carbocycles. The van der Waals surface area contributed by atoms with Crippen molar-refractivity contribution in [3.8, 4) is 0 Å². The quantitative estimate of drug-likeness (QED) is 0.756. The summed E-state index contributed by atoms with van der Waals surface area (Å²) in [6, 6.07) is 7.70. The predicted octanol–water partition coefficient (Wildman–Crippen LogP) is 1.64. The number of aromatic nitrogens is 1. The number of carbonyl (C=O) groups excluding carboxylic acids is 1. The van der Waals surface area contributed by atoms with E-state index in [1.165, 1.54) is 11.3 Å². The minimum atomic E-state index is -1.06. The number of nitrogens with one attached hydrogen (secondary N) is 2. The van der Waals surface area contributed by atoms with Gasteiger partial charge in [-0.1, -0.05) is 30.3 Å². The van der Waals surface area contributed by atoms with E-state index < -0.39 is 18.0 Å². The van der Waals surface area contributed by atoms with Crippen LogP contribution < -0.4 is 10.6 Å². The Morgan fingerprint density at radius 1 is 1.29 bits per heavy atom. The van der Waals surface area contributed by atoms with Crippen LogP contribution in [0.2, 0.25) is 0 Å². The maximum Gasteiger partial charge on any atom is 0.326 e. The number of carboxylic acid groups (broad SMARTS) is 1. The molecule has 6 nitrogen and oxygen atoms in total. The van der Waals surface area contributed by atoms with Gasteiger partial charge in [-0.05, 0) is 5.56 Å². The zero-order valence-electron chi connectivity index (χ0n) is 11.2. The Balaban J connectivity index is 1.87. The van der Waals surface area contributed by atoms with E-state index in [1.54, 1.807) is 11.7 Å². The summed E-state index contributed by atoms with van der Waals surface area (Å²) in [6.07, 6.45) is 1.90. The van der Waals surface area contributed by atoms with Crippen molar-refractivity contribution >= 4 is 23.3 Å². The summed E-state index contributed by atoms with van der Waals surface area (Å²) in [5.41, 5.74) is 2.53. The summed E-state index contributed by atoms with van der Waals surface area (Å²) in [7, 11) is 0. The first-order valence-electron chi connectivity index (χ1n) is 6.33. The Labute approximate surface area is 125 Å². The Bertz CT molecular complexity index is 587. The van der Waals surface area contributed by atoms with Gasteiger partial charge in [0.15, 0.2) is 0 Å². The fourth-order valence-electron chi connectivity index (χ4n) is 1.76. The van der Waals surface area contributed by atoms with Crippen LogP contribution in [0.25, 0.3) is 0 Å². The van der Waals surface area contributed by atoms with Crippen molar-refractivity contribution < 1.29 is 14.7 Å². The summed E-state index contributed by atoms with van der Waals surface area (Å²) in [6.45, 7) is 0.328. The molecule has 0 aliphatic carbocycles. The van der Waals surface area contributed by atoms with Crippen molar-refractivity contribution in [2.45, 2.75) is 19.0 Å². The second kappa shape index (κ2) is 7.39. The monoisotopic (exact) mass is 305 g/mol. The standard InChI is InChI=1S/C14H15N3O3S/c18-13(19)12(6-10-4-2-1-3-5-10)17-14(20)16-8-11-7-15-9-21-11/h1-5,7,9,12H,6,8H2,(H,18,19)(H2,16,17,20). The third kappa shape index (κ3) is 4.88. The Kier molecular flexibility index (Phi) is 5.28. The first kappa shape index (κ1) is 15.0. The molecule has 110 valence electrons. The zero-order chi connectivity index (χ0) is 15.1. The van der Waals surface area contributed by atoms with Gasteiger partial charge >= 0.3 is 12.0 Å².